The third kappa shape index (κ3) is 8.99. The number of guanidine groups is 1. The maximum atomic E-state index is 12.3. The van der Waals surface area contributed by atoms with Gasteiger partial charge in [-0.15, -0.1) is 0 Å². The lowest BCUT2D eigenvalue weighted by molar-refractivity contribution is -0.139. The maximum Gasteiger partial charge on any atom is 0.408 e. The molecule has 1 aromatic carbocycles. The number of hydrogen-bond acceptors (Lipinski definition) is 7. The molecule has 0 heterocycles. The molecular formula is C18H28N4O7S. The van der Waals surface area contributed by atoms with Gasteiger partial charge >= 0.3 is 12.1 Å². The number of carbonyl (C=O) groups excluding carboxylic acids is 1. The van der Waals surface area contributed by atoms with Crippen molar-refractivity contribution < 1.29 is 32.6 Å². The van der Waals surface area contributed by atoms with E-state index >= 15 is 0 Å². The van der Waals surface area contributed by atoms with Gasteiger partial charge in [0.1, 0.15) is 17.4 Å². The van der Waals surface area contributed by atoms with E-state index in [-0.39, 0.29) is 30.2 Å². The standard InChI is InChI=1S/C18H28N4O7S/c1-18(2,3)29-17(25)21-14(15(23)24)6-5-11-20-16(19)22-30(26,27)13-9-7-12(28-4)8-10-13/h7-10,14H,5-6,11H2,1-4H3,(H,21,25)(H,23,24)(H3,19,20,22)/t14-/m1/s1. The van der Waals surface area contributed by atoms with Gasteiger partial charge < -0.3 is 25.6 Å². The fourth-order valence-electron chi connectivity index (χ4n) is 2.19. The molecule has 168 valence electrons. The lowest BCUT2D eigenvalue weighted by Crippen LogP contribution is -2.43. The van der Waals surface area contributed by atoms with Crippen molar-refractivity contribution in [2.45, 2.75) is 50.2 Å². The van der Waals surface area contributed by atoms with Crippen LogP contribution >= 0.6 is 0 Å². The highest BCUT2D eigenvalue weighted by Gasteiger charge is 2.23. The van der Waals surface area contributed by atoms with Crippen LogP contribution in [0.2, 0.25) is 0 Å². The number of sulfonamides is 1. The van der Waals surface area contributed by atoms with E-state index in [1.54, 1.807) is 20.8 Å². The summed E-state index contributed by atoms with van der Waals surface area (Å²) in [5.41, 5.74) is 4.85. The van der Waals surface area contributed by atoms with Crippen LogP contribution in [0.4, 0.5) is 4.79 Å². The molecule has 1 aromatic rings. The first kappa shape index (κ1) is 25.0. The summed E-state index contributed by atoms with van der Waals surface area (Å²) in [6, 6.07) is 4.52. The van der Waals surface area contributed by atoms with E-state index in [2.05, 4.69) is 15.0 Å². The SMILES string of the molecule is COc1ccc(S(=O)(=O)NC(N)=NCCC[C@@H](NC(=O)OC(C)(C)C)C(=O)O)cc1. The van der Waals surface area contributed by atoms with Crippen LogP contribution in [0.25, 0.3) is 0 Å². The average molecular weight is 445 g/mol. The van der Waals surface area contributed by atoms with Crippen LogP contribution in [0.1, 0.15) is 33.6 Å². The number of nitrogens with zero attached hydrogens (tertiary/aromatic N) is 1. The van der Waals surface area contributed by atoms with Crippen LogP contribution < -0.4 is 20.5 Å². The molecule has 0 saturated carbocycles. The Morgan fingerprint density at radius 2 is 1.83 bits per heavy atom. The van der Waals surface area contributed by atoms with Gasteiger partial charge in [0.2, 0.25) is 5.96 Å². The molecule has 12 heteroatoms. The Kier molecular flexibility index (Phi) is 8.90. The molecule has 1 rings (SSSR count). The third-order valence-electron chi connectivity index (χ3n) is 3.53. The van der Waals surface area contributed by atoms with Crippen molar-refractivity contribution in [3.63, 3.8) is 0 Å². The summed E-state index contributed by atoms with van der Waals surface area (Å²) < 4.78 is 36.6. The summed E-state index contributed by atoms with van der Waals surface area (Å²) in [5.74, 6) is -1.06. The van der Waals surface area contributed by atoms with E-state index in [0.29, 0.717) is 5.75 Å². The Labute approximate surface area is 175 Å². The first-order chi connectivity index (χ1) is 13.8. The second kappa shape index (κ2) is 10.7. The van der Waals surface area contributed by atoms with E-state index in [4.69, 9.17) is 15.2 Å². The quantitative estimate of drug-likeness (QED) is 0.249. The van der Waals surface area contributed by atoms with Crippen LogP contribution in [0.3, 0.4) is 0 Å². The minimum absolute atomic E-state index is 0.0195. The molecule has 30 heavy (non-hydrogen) atoms. The topological polar surface area (TPSA) is 169 Å². The largest absolute Gasteiger partial charge is 0.497 e. The molecular weight excluding hydrogens is 416 g/mol. The van der Waals surface area contributed by atoms with Gasteiger partial charge in [-0.2, -0.15) is 0 Å². The monoisotopic (exact) mass is 444 g/mol. The number of benzene rings is 1. The fourth-order valence-corrected chi connectivity index (χ4v) is 3.14. The molecule has 1 amide bonds. The van der Waals surface area contributed by atoms with Crippen molar-refractivity contribution in [1.29, 1.82) is 0 Å². The van der Waals surface area contributed by atoms with Crippen LogP contribution in [0.15, 0.2) is 34.2 Å². The minimum atomic E-state index is -3.91. The van der Waals surface area contributed by atoms with Crippen molar-refractivity contribution in [3.05, 3.63) is 24.3 Å². The first-order valence-corrected chi connectivity index (χ1v) is 10.5. The average Bonchev–Trinajstić information content (AvgIpc) is 2.62. The van der Waals surface area contributed by atoms with Crippen LogP contribution in [-0.4, -0.2) is 56.8 Å². The maximum absolute atomic E-state index is 12.3. The number of hydrogen-bond donors (Lipinski definition) is 4. The highest BCUT2D eigenvalue weighted by molar-refractivity contribution is 7.90. The number of ether oxygens (including phenoxy) is 2. The number of aliphatic imine (C=N–C) groups is 1. The smallest absolute Gasteiger partial charge is 0.408 e. The molecule has 0 spiro atoms. The molecule has 0 aliphatic carbocycles. The first-order valence-electron chi connectivity index (χ1n) is 9.03. The zero-order chi connectivity index (χ0) is 22.9. The summed E-state index contributed by atoms with van der Waals surface area (Å²) in [4.78, 5) is 26.9. The highest BCUT2D eigenvalue weighted by atomic mass is 32.2. The Hall–Kier alpha value is -3.02. The normalized spacial score (nSPS) is 13.3. The van der Waals surface area contributed by atoms with Gasteiger partial charge in [-0.25, -0.2) is 22.7 Å². The van der Waals surface area contributed by atoms with Crippen LogP contribution in [-0.2, 0) is 19.6 Å². The Morgan fingerprint density at radius 3 is 2.33 bits per heavy atom. The summed E-state index contributed by atoms with van der Waals surface area (Å²) in [7, 11) is -2.45. The third-order valence-corrected chi connectivity index (χ3v) is 4.90. The number of carbonyl (C=O) groups is 2. The number of rotatable bonds is 9. The van der Waals surface area contributed by atoms with Crippen molar-refractivity contribution >= 4 is 28.0 Å². The minimum Gasteiger partial charge on any atom is -0.497 e. The van der Waals surface area contributed by atoms with Gasteiger partial charge in [0.25, 0.3) is 10.0 Å². The summed E-state index contributed by atoms with van der Waals surface area (Å²) >= 11 is 0. The number of methoxy groups -OCH3 is 1. The summed E-state index contributed by atoms with van der Waals surface area (Å²) in [6.07, 6.45) is -0.556. The van der Waals surface area contributed by atoms with E-state index in [9.17, 15) is 23.1 Å². The zero-order valence-electron chi connectivity index (χ0n) is 17.3. The van der Waals surface area contributed by atoms with Gasteiger partial charge in [0.05, 0.1) is 12.0 Å². The van der Waals surface area contributed by atoms with Gasteiger partial charge in [-0.3, -0.25) is 4.99 Å². The molecule has 0 radical (unpaired) electrons. The summed E-state index contributed by atoms with van der Waals surface area (Å²) in [6.45, 7) is 5.03. The molecule has 0 aromatic heterocycles. The molecule has 0 saturated heterocycles. The van der Waals surface area contributed by atoms with E-state index in [0.717, 1.165) is 0 Å². The lowest BCUT2D eigenvalue weighted by atomic mass is 10.1. The molecule has 0 unspecified atom stereocenters. The van der Waals surface area contributed by atoms with Crippen LogP contribution in [0, 0.1) is 0 Å². The van der Waals surface area contributed by atoms with Gasteiger partial charge in [0.15, 0.2) is 0 Å². The van der Waals surface area contributed by atoms with Crippen molar-refractivity contribution in [1.82, 2.24) is 10.0 Å². The zero-order valence-corrected chi connectivity index (χ0v) is 18.2. The molecule has 0 aliphatic heterocycles. The number of nitrogens with two attached hydrogens (primary N) is 1. The molecule has 1 atom stereocenters. The number of nitrogens with one attached hydrogen (secondary N) is 2. The number of carboxylic acids is 1. The van der Waals surface area contributed by atoms with Crippen molar-refractivity contribution in [2.24, 2.45) is 10.7 Å². The Morgan fingerprint density at radius 1 is 1.23 bits per heavy atom. The van der Waals surface area contributed by atoms with Gasteiger partial charge in [-0.1, -0.05) is 0 Å². The number of alkyl carbamates (subject to hydrolysis) is 1. The second-order valence-corrected chi connectivity index (χ2v) is 8.91. The molecule has 0 aliphatic rings. The Bertz CT molecular complexity index is 862. The summed E-state index contributed by atoms with van der Waals surface area (Å²) in [5, 5.41) is 11.5. The van der Waals surface area contributed by atoms with Gasteiger partial charge in [0, 0.05) is 6.54 Å². The number of amides is 1. The van der Waals surface area contributed by atoms with E-state index in [1.807, 2.05) is 0 Å². The van der Waals surface area contributed by atoms with Gasteiger partial charge in [-0.05, 0) is 57.9 Å². The second-order valence-electron chi connectivity index (χ2n) is 7.23. The molecule has 5 N–H and O–H groups in total. The number of carboxylic acid groups (broad SMARTS) is 1. The molecule has 11 nitrogen and oxygen atoms in total. The number of aliphatic carboxylic acids is 1. The van der Waals surface area contributed by atoms with E-state index in [1.165, 1.54) is 31.4 Å². The predicted octanol–water partition coefficient (Wildman–Crippen LogP) is 1.05. The fraction of sp³-hybridized carbons (Fsp3) is 0.500. The van der Waals surface area contributed by atoms with Crippen LogP contribution in [0.5, 0.6) is 5.75 Å². The molecule has 0 fully saturated rings. The lowest BCUT2D eigenvalue weighted by Gasteiger charge is -2.21. The Balaban J connectivity index is 2.58. The predicted molar refractivity (Wildman–Crippen MR) is 110 cm³/mol. The molecule has 0 bridgehead atoms. The van der Waals surface area contributed by atoms with Crippen molar-refractivity contribution in [3.8, 4) is 5.75 Å². The van der Waals surface area contributed by atoms with Crippen molar-refractivity contribution in [2.75, 3.05) is 13.7 Å². The van der Waals surface area contributed by atoms with E-state index < -0.39 is 33.7 Å². The highest BCUT2D eigenvalue weighted by Crippen LogP contribution is 2.15.